The molecule has 3 N–H and O–H groups in total. The normalized spacial score (nSPS) is 33.7. The Morgan fingerprint density at radius 1 is 1.37 bits per heavy atom. The van der Waals surface area contributed by atoms with Crippen LogP contribution in [0.5, 0.6) is 0 Å². The van der Waals surface area contributed by atoms with Crippen molar-refractivity contribution >= 4 is 10.2 Å². The van der Waals surface area contributed by atoms with Gasteiger partial charge in [-0.1, -0.05) is 0 Å². The summed E-state index contributed by atoms with van der Waals surface area (Å²) in [4.78, 5) is 0. The van der Waals surface area contributed by atoms with Crippen molar-refractivity contribution in [3.05, 3.63) is 0 Å². The zero-order valence-corrected chi connectivity index (χ0v) is 12.4. The van der Waals surface area contributed by atoms with E-state index in [0.717, 1.165) is 32.1 Å². The molecular formula is C12H25N3O3S. The Morgan fingerprint density at radius 2 is 2.16 bits per heavy atom. The Hall–Kier alpha value is -0.210. The number of nitrogens with one attached hydrogen (secondary N) is 1. The van der Waals surface area contributed by atoms with E-state index in [2.05, 4.69) is 4.72 Å². The van der Waals surface area contributed by atoms with Gasteiger partial charge in [-0.15, -0.1) is 0 Å². The standard InChI is InChI=1S/C12H25N3O3S/c1-18-12-5-4-11(7-12)14-19(16,17)15-6-2-3-10(8-13)9-15/h10-12,14H,2-9,13H2,1H3. The van der Waals surface area contributed by atoms with Crippen molar-refractivity contribution < 1.29 is 13.2 Å². The Kier molecular flexibility index (Phi) is 5.19. The molecule has 1 heterocycles. The van der Waals surface area contributed by atoms with Gasteiger partial charge in [0, 0.05) is 26.2 Å². The molecular weight excluding hydrogens is 266 g/mol. The van der Waals surface area contributed by atoms with Crippen molar-refractivity contribution in [3.8, 4) is 0 Å². The molecule has 0 aromatic rings. The smallest absolute Gasteiger partial charge is 0.279 e. The average molecular weight is 291 g/mol. The molecule has 2 fully saturated rings. The number of hydrogen-bond donors (Lipinski definition) is 2. The zero-order chi connectivity index (χ0) is 13.9. The van der Waals surface area contributed by atoms with Gasteiger partial charge in [-0.25, -0.2) is 0 Å². The summed E-state index contributed by atoms with van der Waals surface area (Å²) in [6, 6.07) is 0.00760. The molecule has 6 nitrogen and oxygen atoms in total. The maximum atomic E-state index is 12.3. The second-order valence-corrected chi connectivity index (χ2v) is 7.29. The SMILES string of the molecule is COC1CCC(NS(=O)(=O)N2CCCC(CN)C2)C1. The Balaban J connectivity index is 1.91. The van der Waals surface area contributed by atoms with Gasteiger partial charge in [-0.2, -0.15) is 17.4 Å². The highest BCUT2D eigenvalue weighted by molar-refractivity contribution is 7.87. The van der Waals surface area contributed by atoms with Crippen molar-refractivity contribution in [2.75, 3.05) is 26.7 Å². The third-order valence-corrected chi connectivity index (χ3v) is 5.83. The molecule has 3 unspecified atom stereocenters. The fourth-order valence-corrected chi connectivity index (χ4v) is 4.54. The van der Waals surface area contributed by atoms with E-state index in [-0.39, 0.29) is 12.1 Å². The van der Waals surface area contributed by atoms with Crippen LogP contribution in [0.25, 0.3) is 0 Å². The molecule has 19 heavy (non-hydrogen) atoms. The van der Waals surface area contributed by atoms with Crippen LogP contribution in [0.15, 0.2) is 0 Å². The summed E-state index contributed by atoms with van der Waals surface area (Å²) in [6.45, 7) is 1.71. The summed E-state index contributed by atoms with van der Waals surface area (Å²) in [5, 5.41) is 0. The molecule has 3 atom stereocenters. The van der Waals surface area contributed by atoms with Crippen LogP contribution in [0.1, 0.15) is 32.1 Å². The summed E-state index contributed by atoms with van der Waals surface area (Å²) >= 11 is 0. The number of rotatable bonds is 5. The van der Waals surface area contributed by atoms with Crippen molar-refractivity contribution in [2.45, 2.75) is 44.2 Å². The van der Waals surface area contributed by atoms with Gasteiger partial charge in [0.15, 0.2) is 0 Å². The predicted octanol–water partition coefficient (Wildman–Crippen LogP) is 0.0590. The summed E-state index contributed by atoms with van der Waals surface area (Å²) in [7, 11) is -1.69. The number of ether oxygens (including phenoxy) is 1. The van der Waals surface area contributed by atoms with E-state index in [1.165, 1.54) is 0 Å². The van der Waals surface area contributed by atoms with E-state index in [1.807, 2.05) is 0 Å². The van der Waals surface area contributed by atoms with E-state index in [4.69, 9.17) is 10.5 Å². The van der Waals surface area contributed by atoms with E-state index in [0.29, 0.717) is 25.6 Å². The van der Waals surface area contributed by atoms with Crippen molar-refractivity contribution in [2.24, 2.45) is 11.7 Å². The van der Waals surface area contributed by atoms with Crippen LogP contribution in [0.4, 0.5) is 0 Å². The molecule has 0 radical (unpaired) electrons. The lowest BCUT2D eigenvalue weighted by molar-refractivity contribution is 0.107. The largest absolute Gasteiger partial charge is 0.381 e. The fraction of sp³-hybridized carbons (Fsp3) is 1.00. The maximum Gasteiger partial charge on any atom is 0.279 e. The quantitative estimate of drug-likeness (QED) is 0.750. The summed E-state index contributed by atoms with van der Waals surface area (Å²) < 4.78 is 34.3. The van der Waals surface area contributed by atoms with E-state index in [9.17, 15) is 8.42 Å². The van der Waals surface area contributed by atoms with Crippen LogP contribution >= 0.6 is 0 Å². The molecule has 0 bridgehead atoms. The molecule has 7 heteroatoms. The number of hydrogen-bond acceptors (Lipinski definition) is 4. The first-order valence-corrected chi connectivity index (χ1v) is 8.49. The molecule has 112 valence electrons. The topological polar surface area (TPSA) is 84.7 Å². The second-order valence-electron chi connectivity index (χ2n) is 5.59. The van der Waals surface area contributed by atoms with E-state index < -0.39 is 10.2 Å². The minimum atomic E-state index is -3.37. The number of nitrogens with zero attached hydrogens (tertiary/aromatic N) is 1. The molecule has 2 aliphatic rings. The highest BCUT2D eigenvalue weighted by Crippen LogP contribution is 2.24. The van der Waals surface area contributed by atoms with Crippen molar-refractivity contribution in [1.29, 1.82) is 0 Å². The van der Waals surface area contributed by atoms with Crippen LogP contribution in [-0.4, -0.2) is 51.6 Å². The van der Waals surface area contributed by atoms with E-state index >= 15 is 0 Å². The number of piperidine rings is 1. The average Bonchev–Trinajstić information content (AvgIpc) is 2.85. The Bertz CT molecular complexity index is 388. The molecule has 1 saturated heterocycles. The van der Waals surface area contributed by atoms with Crippen LogP contribution in [-0.2, 0) is 14.9 Å². The van der Waals surface area contributed by atoms with Crippen LogP contribution in [0.2, 0.25) is 0 Å². The summed E-state index contributed by atoms with van der Waals surface area (Å²) in [5.74, 6) is 0.292. The fourth-order valence-electron chi connectivity index (χ4n) is 2.98. The van der Waals surface area contributed by atoms with Crippen molar-refractivity contribution in [1.82, 2.24) is 9.03 Å². The van der Waals surface area contributed by atoms with Crippen LogP contribution in [0.3, 0.4) is 0 Å². The second kappa shape index (κ2) is 6.49. The Labute approximate surface area is 115 Å². The minimum Gasteiger partial charge on any atom is -0.381 e. The molecule has 1 aliphatic heterocycles. The van der Waals surface area contributed by atoms with Gasteiger partial charge in [0.1, 0.15) is 0 Å². The molecule has 0 amide bonds. The highest BCUT2D eigenvalue weighted by atomic mass is 32.2. The Morgan fingerprint density at radius 3 is 2.79 bits per heavy atom. The molecule has 0 aromatic carbocycles. The maximum absolute atomic E-state index is 12.3. The van der Waals surface area contributed by atoms with Gasteiger partial charge in [0.25, 0.3) is 10.2 Å². The van der Waals surface area contributed by atoms with Gasteiger partial charge in [0.05, 0.1) is 6.10 Å². The monoisotopic (exact) mass is 291 g/mol. The first-order valence-electron chi connectivity index (χ1n) is 7.05. The van der Waals surface area contributed by atoms with Gasteiger partial charge >= 0.3 is 0 Å². The summed E-state index contributed by atoms with van der Waals surface area (Å²) in [6.07, 6.45) is 4.65. The molecule has 0 aromatic heterocycles. The van der Waals surface area contributed by atoms with E-state index in [1.54, 1.807) is 11.4 Å². The van der Waals surface area contributed by atoms with Gasteiger partial charge in [-0.05, 0) is 44.6 Å². The lowest BCUT2D eigenvalue weighted by atomic mass is 10.0. The third kappa shape index (κ3) is 3.88. The molecule has 1 aliphatic carbocycles. The predicted molar refractivity (Wildman–Crippen MR) is 73.8 cm³/mol. The minimum absolute atomic E-state index is 0.00760. The lowest BCUT2D eigenvalue weighted by Crippen LogP contribution is -2.49. The third-order valence-electron chi connectivity index (χ3n) is 4.19. The lowest BCUT2D eigenvalue weighted by Gasteiger charge is -2.32. The molecule has 0 spiro atoms. The van der Waals surface area contributed by atoms with Gasteiger partial charge in [-0.3, -0.25) is 0 Å². The molecule has 2 rings (SSSR count). The summed E-state index contributed by atoms with van der Waals surface area (Å²) in [5.41, 5.74) is 5.65. The molecule has 1 saturated carbocycles. The zero-order valence-electron chi connectivity index (χ0n) is 11.5. The number of nitrogens with two attached hydrogens (primary N) is 1. The van der Waals surface area contributed by atoms with Crippen molar-refractivity contribution in [3.63, 3.8) is 0 Å². The highest BCUT2D eigenvalue weighted by Gasteiger charge is 2.33. The van der Waals surface area contributed by atoms with Crippen LogP contribution in [0, 0.1) is 5.92 Å². The first-order chi connectivity index (χ1) is 9.05. The van der Waals surface area contributed by atoms with Crippen LogP contribution < -0.4 is 10.5 Å². The first kappa shape index (κ1) is 15.2. The number of methoxy groups -OCH3 is 1. The van der Waals surface area contributed by atoms with Gasteiger partial charge in [0.2, 0.25) is 0 Å². The van der Waals surface area contributed by atoms with Gasteiger partial charge < -0.3 is 10.5 Å².